The third-order valence-corrected chi connectivity index (χ3v) is 17.3. The van der Waals surface area contributed by atoms with Crippen LogP contribution in [0, 0.1) is 0 Å². The summed E-state index contributed by atoms with van der Waals surface area (Å²) in [6.45, 7) is 0. The van der Waals surface area contributed by atoms with Gasteiger partial charge in [0.05, 0.1) is 50.2 Å². The van der Waals surface area contributed by atoms with Crippen LogP contribution in [0.15, 0.2) is 310 Å². The van der Waals surface area contributed by atoms with Crippen molar-refractivity contribution < 1.29 is 0 Å². The topological polar surface area (TPSA) is 45.4 Å². The molecular formula is C77H51N7. The number of hydrogen-bond donors (Lipinski definition) is 0. The van der Waals surface area contributed by atoms with Crippen LogP contribution in [0.25, 0.3) is 66.4 Å². The highest BCUT2D eigenvalue weighted by atomic mass is 15.2. The lowest BCUT2D eigenvalue weighted by molar-refractivity contribution is 0.747. The number of para-hydroxylation sites is 7. The van der Waals surface area contributed by atoms with Crippen molar-refractivity contribution in [2.45, 2.75) is 5.41 Å². The Balaban J connectivity index is 0.915. The van der Waals surface area contributed by atoms with Crippen molar-refractivity contribution in [1.29, 1.82) is 0 Å². The summed E-state index contributed by atoms with van der Waals surface area (Å²) in [5.74, 6) is 0. The molecule has 0 amide bonds. The van der Waals surface area contributed by atoms with Gasteiger partial charge in [-0.05, 0) is 180 Å². The zero-order valence-electron chi connectivity index (χ0n) is 45.6. The Labute approximate surface area is 486 Å². The van der Waals surface area contributed by atoms with Crippen LogP contribution in [-0.2, 0) is 5.41 Å². The second-order valence-electron chi connectivity index (χ2n) is 21.7. The van der Waals surface area contributed by atoms with E-state index in [1.807, 2.05) is 12.4 Å². The maximum absolute atomic E-state index is 5.22. The van der Waals surface area contributed by atoms with Crippen LogP contribution in [0.5, 0.6) is 0 Å². The Bertz CT molecular complexity index is 4660. The van der Waals surface area contributed by atoms with Gasteiger partial charge in [0.15, 0.2) is 0 Å². The summed E-state index contributed by atoms with van der Waals surface area (Å²) in [5.41, 5.74) is 21.9. The molecule has 0 radical (unpaired) electrons. The van der Waals surface area contributed by atoms with Gasteiger partial charge >= 0.3 is 0 Å². The number of aromatic nitrogens is 4. The van der Waals surface area contributed by atoms with Gasteiger partial charge < -0.3 is 23.8 Å². The van der Waals surface area contributed by atoms with E-state index in [0.29, 0.717) is 0 Å². The van der Waals surface area contributed by atoms with Crippen molar-refractivity contribution in [3.05, 3.63) is 332 Å². The third kappa shape index (κ3) is 7.06. The number of fused-ring (bicyclic) bond motifs is 15. The molecule has 0 N–H and O–H groups in total. The summed E-state index contributed by atoms with van der Waals surface area (Å²) in [6, 6.07) is 108. The molecule has 0 saturated carbocycles. The molecule has 84 heavy (non-hydrogen) atoms. The van der Waals surface area contributed by atoms with Gasteiger partial charge in [0.2, 0.25) is 0 Å². The molecule has 394 valence electrons. The first-order valence-corrected chi connectivity index (χ1v) is 28.6. The molecule has 17 rings (SSSR count). The largest absolute Gasteiger partial charge is 0.310 e. The van der Waals surface area contributed by atoms with Crippen molar-refractivity contribution in [2.24, 2.45) is 0 Å². The average Bonchev–Trinajstić information content (AvgIpc) is 2.91. The van der Waals surface area contributed by atoms with Crippen LogP contribution in [0.4, 0.5) is 51.2 Å². The first kappa shape index (κ1) is 47.5. The van der Waals surface area contributed by atoms with E-state index in [2.05, 4.69) is 321 Å². The monoisotopic (exact) mass is 1070 g/mol. The number of nitrogens with zero attached hydrogens (tertiary/aromatic N) is 7. The molecule has 11 aromatic carbocycles. The summed E-state index contributed by atoms with van der Waals surface area (Å²) in [4.78, 5) is 17.6. The van der Waals surface area contributed by atoms with Crippen molar-refractivity contribution in [2.75, 3.05) is 14.7 Å². The maximum Gasteiger partial charge on any atom is 0.0937 e. The SMILES string of the molecule is c1ccc(N(c2ccccc2)c2ccc3c(c2)c2ccccc2n3-c2ccc3c(c2)C2(c4cc(-n5c6ccccc6c6cc(N(c7ccccc7)c7ccccc7)ccc65)ccc4N3c3ccccc3)c3cccnc3-c3ncccc32)cc1. The molecule has 0 saturated heterocycles. The minimum absolute atomic E-state index is 0.856. The molecule has 1 aliphatic heterocycles. The lowest BCUT2D eigenvalue weighted by Gasteiger charge is -2.45. The van der Waals surface area contributed by atoms with E-state index in [4.69, 9.17) is 9.97 Å². The average molecular weight is 1070 g/mol. The fraction of sp³-hybridized carbons (Fsp3) is 0.0130. The molecule has 1 spiro atoms. The van der Waals surface area contributed by atoms with Crippen molar-refractivity contribution in [3.63, 3.8) is 0 Å². The highest BCUT2D eigenvalue weighted by molar-refractivity contribution is 6.12. The lowest BCUT2D eigenvalue weighted by atomic mass is 9.64. The molecule has 0 atom stereocenters. The predicted octanol–water partition coefficient (Wildman–Crippen LogP) is 19.8. The standard InChI is InChI=1S/C77H51N7/c1-6-22-52(23-7-1)80(53-24-8-2-9-25-53)57-38-42-71-63(48-57)61-32-16-18-36-69(61)83(71)59-40-44-73-67(50-59)77(65-34-20-46-78-75(65)76-66(77)35-21-47-79-76)68-51-60(41-45-74(68)82(73)56-30-14-5-15-31-56)84-70-37-19-17-33-62(70)64-49-58(39-43-72(64)84)81(54-26-10-3-11-27-54)55-28-12-4-13-29-55/h1-51H. The first-order valence-electron chi connectivity index (χ1n) is 28.6. The summed E-state index contributed by atoms with van der Waals surface area (Å²) >= 11 is 0. The highest BCUT2D eigenvalue weighted by Crippen LogP contribution is 2.63. The van der Waals surface area contributed by atoms with Crippen molar-refractivity contribution >= 4 is 94.8 Å². The molecule has 15 aromatic rings. The molecule has 5 heterocycles. The van der Waals surface area contributed by atoms with E-state index in [9.17, 15) is 0 Å². The smallest absolute Gasteiger partial charge is 0.0937 e. The number of anilines is 9. The third-order valence-electron chi connectivity index (χ3n) is 17.3. The summed E-state index contributed by atoms with van der Waals surface area (Å²) in [7, 11) is 0. The zero-order valence-corrected chi connectivity index (χ0v) is 45.6. The van der Waals surface area contributed by atoms with Crippen LogP contribution in [-0.4, -0.2) is 19.1 Å². The maximum atomic E-state index is 5.22. The van der Waals surface area contributed by atoms with Crippen LogP contribution in [0.2, 0.25) is 0 Å². The van der Waals surface area contributed by atoms with Crippen molar-refractivity contribution in [1.82, 2.24) is 19.1 Å². The molecule has 7 heteroatoms. The van der Waals surface area contributed by atoms with E-state index in [1.54, 1.807) is 0 Å². The summed E-state index contributed by atoms with van der Waals surface area (Å²) < 4.78 is 4.92. The summed E-state index contributed by atoms with van der Waals surface area (Å²) in [5, 5.41) is 4.70. The first-order chi connectivity index (χ1) is 41.7. The van der Waals surface area contributed by atoms with Gasteiger partial charge in [-0.25, -0.2) is 0 Å². The Kier molecular flexibility index (Phi) is 10.7. The van der Waals surface area contributed by atoms with Gasteiger partial charge in [-0.2, -0.15) is 0 Å². The van der Waals surface area contributed by atoms with Crippen LogP contribution >= 0.6 is 0 Å². The van der Waals surface area contributed by atoms with E-state index >= 15 is 0 Å². The molecule has 7 nitrogen and oxygen atoms in total. The van der Waals surface area contributed by atoms with Gasteiger partial charge in [0, 0.05) is 85.1 Å². The van der Waals surface area contributed by atoms with E-state index in [0.717, 1.165) is 118 Å². The Morgan fingerprint density at radius 1 is 0.262 bits per heavy atom. The van der Waals surface area contributed by atoms with Gasteiger partial charge in [0.1, 0.15) is 0 Å². The highest BCUT2D eigenvalue weighted by Gasteiger charge is 2.53. The molecule has 0 fully saturated rings. The number of hydrogen-bond acceptors (Lipinski definition) is 5. The fourth-order valence-corrected chi connectivity index (χ4v) is 13.9. The zero-order chi connectivity index (χ0) is 55.3. The van der Waals surface area contributed by atoms with Gasteiger partial charge in [-0.15, -0.1) is 0 Å². The molecule has 4 aromatic heterocycles. The Morgan fingerprint density at radius 3 is 1.05 bits per heavy atom. The normalized spacial score (nSPS) is 12.8. The minimum Gasteiger partial charge on any atom is -0.310 e. The molecule has 0 bridgehead atoms. The second-order valence-corrected chi connectivity index (χ2v) is 21.7. The number of benzene rings is 11. The van der Waals surface area contributed by atoms with Gasteiger partial charge in [0.25, 0.3) is 0 Å². The Morgan fingerprint density at radius 2 is 0.631 bits per heavy atom. The van der Waals surface area contributed by atoms with Crippen LogP contribution in [0.1, 0.15) is 22.3 Å². The summed E-state index contributed by atoms with van der Waals surface area (Å²) in [6.07, 6.45) is 3.83. The second kappa shape index (κ2) is 18.9. The Hall–Kier alpha value is -11.3. The molecule has 2 aliphatic rings. The van der Waals surface area contributed by atoms with Gasteiger partial charge in [-0.3, -0.25) is 9.97 Å². The lowest BCUT2D eigenvalue weighted by Crippen LogP contribution is -2.36. The van der Waals surface area contributed by atoms with Gasteiger partial charge in [-0.1, -0.05) is 140 Å². The molecular weight excluding hydrogens is 1020 g/mol. The van der Waals surface area contributed by atoms with E-state index in [-0.39, 0.29) is 0 Å². The van der Waals surface area contributed by atoms with Crippen LogP contribution in [0.3, 0.4) is 0 Å². The molecule has 0 unspecified atom stereocenters. The van der Waals surface area contributed by atoms with E-state index in [1.165, 1.54) is 21.5 Å². The molecule has 1 aliphatic carbocycles. The number of rotatable bonds is 9. The quantitative estimate of drug-likeness (QED) is 0.144. The fourth-order valence-electron chi connectivity index (χ4n) is 13.9. The minimum atomic E-state index is -0.856. The predicted molar refractivity (Wildman–Crippen MR) is 346 cm³/mol. The van der Waals surface area contributed by atoms with E-state index < -0.39 is 5.41 Å². The van der Waals surface area contributed by atoms with Crippen molar-refractivity contribution in [3.8, 4) is 22.8 Å². The number of pyridine rings is 2. The van der Waals surface area contributed by atoms with Crippen LogP contribution < -0.4 is 14.7 Å².